The number of hydrogen-bond acceptors (Lipinski definition) is 8. The fourth-order valence-electron chi connectivity index (χ4n) is 2.56. The highest BCUT2D eigenvalue weighted by Gasteiger charge is 2.30. The number of nitrogens with two attached hydrogens (primary N) is 3. The van der Waals surface area contributed by atoms with Crippen LogP contribution in [0.15, 0.2) is 4.99 Å². The van der Waals surface area contributed by atoms with E-state index in [-0.39, 0.29) is 42.8 Å². The number of carbonyl (C=O) groups is 4. The second-order valence-corrected chi connectivity index (χ2v) is 8.30. The number of carboxylic acids is 1. The second kappa shape index (κ2) is 15.6. The maximum atomic E-state index is 12.8. The van der Waals surface area contributed by atoms with Crippen molar-refractivity contribution in [3.05, 3.63) is 0 Å². The first-order chi connectivity index (χ1) is 14.9. The highest BCUT2D eigenvalue weighted by Crippen LogP contribution is 2.08. The van der Waals surface area contributed by atoms with Gasteiger partial charge in [0.1, 0.15) is 18.1 Å². The Balaban J connectivity index is 5.21. The largest absolute Gasteiger partial charge is 0.480 e. The van der Waals surface area contributed by atoms with Crippen LogP contribution in [0.4, 0.5) is 0 Å². The van der Waals surface area contributed by atoms with Gasteiger partial charge in [0, 0.05) is 18.1 Å². The average molecular weight is 494 g/mol. The van der Waals surface area contributed by atoms with Crippen molar-refractivity contribution in [2.24, 2.45) is 28.1 Å². The zero-order valence-corrected chi connectivity index (χ0v) is 20.1. The van der Waals surface area contributed by atoms with Crippen molar-refractivity contribution in [2.75, 3.05) is 18.1 Å². The van der Waals surface area contributed by atoms with Crippen LogP contribution in [0.25, 0.3) is 0 Å². The van der Waals surface area contributed by atoms with Crippen molar-refractivity contribution in [1.29, 1.82) is 0 Å². The first-order valence-corrected chi connectivity index (χ1v) is 11.4. The topological polar surface area (TPSA) is 215 Å². The summed E-state index contributed by atoms with van der Waals surface area (Å²) in [5.41, 5.74) is 16.1. The van der Waals surface area contributed by atoms with E-state index in [1.807, 2.05) is 13.8 Å². The Morgan fingerprint density at radius 3 is 1.91 bits per heavy atom. The van der Waals surface area contributed by atoms with Gasteiger partial charge in [0.15, 0.2) is 5.96 Å². The van der Waals surface area contributed by atoms with Gasteiger partial charge in [-0.2, -0.15) is 25.3 Å². The molecule has 32 heavy (non-hydrogen) atoms. The summed E-state index contributed by atoms with van der Waals surface area (Å²) in [5, 5.41) is 16.9. The van der Waals surface area contributed by atoms with Gasteiger partial charge >= 0.3 is 5.97 Å². The van der Waals surface area contributed by atoms with Crippen LogP contribution in [0, 0.1) is 5.92 Å². The lowest BCUT2D eigenvalue weighted by atomic mass is 10.0. The quantitative estimate of drug-likeness (QED) is 0.0527. The molecule has 0 aromatic carbocycles. The minimum atomic E-state index is -1.22. The normalized spacial score (nSPS) is 14.6. The number of carbonyl (C=O) groups excluding carboxylic acids is 3. The van der Waals surface area contributed by atoms with Crippen molar-refractivity contribution in [2.45, 2.75) is 57.3 Å². The highest BCUT2D eigenvalue weighted by molar-refractivity contribution is 7.80. The van der Waals surface area contributed by atoms with Gasteiger partial charge in [-0.05, 0) is 25.2 Å². The van der Waals surface area contributed by atoms with Gasteiger partial charge in [0.05, 0.1) is 6.04 Å². The minimum Gasteiger partial charge on any atom is -0.480 e. The zero-order chi connectivity index (χ0) is 24.8. The summed E-state index contributed by atoms with van der Waals surface area (Å²) in [6, 6.07) is -4.13. The summed E-state index contributed by atoms with van der Waals surface area (Å²) in [6.45, 7) is 3.91. The number of guanidine groups is 1. The fraction of sp³-hybridized carbons (Fsp3) is 0.722. The van der Waals surface area contributed by atoms with Crippen molar-refractivity contribution in [3.63, 3.8) is 0 Å². The molecule has 0 bridgehead atoms. The van der Waals surface area contributed by atoms with Gasteiger partial charge < -0.3 is 38.3 Å². The average Bonchev–Trinajstić information content (AvgIpc) is 2.71. The SMILES string of the molecule is CC(C)CC(NC(=O)C(CS)NC(=O)C(N)CS)C(=O)NC(CCCN=C(N)N)C(=O)O. The lowest BCUT2D eigenvalue weighted by molar-refractivity contribution is -0.142. The van der Waals surface area contributed by atoms with Crippen molar-refractivity contribution in [3.8, 4) is 0 Å². The fourth-order valence-corrected chi connectivity index (χ4v) is 2.99. The number of aliphatic carboxylic acids is 1. The number of hydrogen-bond donors (Lipinski definition) is 9. The molecule has 0 radical (unpaired) electrons. The van der Waals surface area contributed by atoms with E-state index in [1.165, 1.54) is 0 Å². The Hall–Kier alpha value is -2.19. The number of nitrogens with zero attached hydrogens (tertiary/aromatic N) is 1. The van der Waals surface area contributed by atoms with Gasteiger partial charge in [0.25, 0.3) is 0 Å². The van der Waals surface area contributed by atoms with E-state index in [0.29, 0.717) is 6.42 Å². The number of amides is 3. The molecule has 0 aromatic rings. The molecule has 12 nitrogen and oxygen atoms in total. The van der Waals surface area contributed by atoms with Gasteiger partial charge in [-0.25, -0.2) is 4.79 Å². The van der Waals surface area contributed by atoms with E-state index in [9.17, 15) is 24.3 Å². The van der Waals surface area contributed by atoms with Crippen LogP contribution in [-0.4, -0.2) is 77.0 Å². The van der Waals surface area contributed by atoms with Crippen molar-refractivity contribution >= 4 is 54.9 Å². The molecule has 0 rings (SSSR count). The standard InChI is InChI=1S/C18H35N7O5S2/c1-9(2)6-12(24-16(28)13(8-32)25-14(26)10(19)7-31)15(27)23-11(17(29)30)4-3-5-22-18(20)21/h9-13,31-32H,3-8,19H2,1-2H3,(H,23,27)(H,24,28)(H,25,26)(H,29,30)(H4,20,21,22). The van der Waals surface area contributed by atoms with Crippen LogP contribution in [0.5, 0.6) is 0 Å². The van der Waals surface area contributed by atoms with Crippen LogP contribution in [0.2, 0.25) is 0 Å². The number of rotatable bonds is 15. The first kappa shape index (κ1) is 29.8. The summed E-state index contributed by atoms with van der Waals surface area (Å²) in [4.78, 5) is 52.7. The van der Waals surface area contributed by atoms with Gasteiger partial charge in [-0.15, -0.1) is 0 Å². The van der Waals surface area contributed by atoms with Crippen LogP contribution in [0.1, 0.15) is 33.1 Å². The smallest absolute Gasteiger partial charge is 0.326 e. The number of carboxylic acid groups (broad SMARTS) is 1. The molecule has 4 unspecified atom stereocenters. The second-order valence-electron chi connectivity index (χ2n) is 7.57. The Bertz CT molecular complexity index is 674. The molecule has 10 N–H and O–H groups in total. The molecule has 14 heteroatoms. The van der Waals surface area contributed by atoms with Gasteiger partial charge in [-0.1, -0.05) is 13.8 Å². The lowest BCUT2D eigenvalue weighted by Crippen LogP contribution is -2.58. The van der Waals surface area contributed by atoms with Crippen molar-refractivity contribution < 1.29 is 24.3 Å². The Morgan fingerprint density at radius 2 is 1.44 bits per heavy atom. The zero-order valence-electron chi connectivity index (χ0n) is 18.3. The lowest BCUT2D eigenvalue weighted by Gasteiger charge is -2.25. The third-order valence-electron chi connectivity index (χ3n) is 4.25. The number of thiol groups is 2. The molecule has 0 fully saturated rings. The maximum Gasteiger partial charge on any atom is 0.326 e. The van der Waals surface area contributed by atoms with E-state index < -0.39 is 47.9 Å². The summed E-state index contributed by atoms with van der Waals surface area (Å²) >= 11 is 8.01. The summed E-state index contributed by atoms with van der Waals surface area (Å²) in [7, 11) is 0. The Labute approximate surface area is 198 Å². The maximum absolute atomic E-state index is 12.8. The van der Waals surface area contributed by atoms with Crippen molar-refractivity contribution in [1.82, 2.24) is 16.0 Å². The molecule has 0 saturated carbocycles. The molecular weight excluding hydrogens is 458 g/mol. The third-order valence-corrected chi connectivity index (χ3v) is 5.01. The van der Waals surface area contributed by atoms with Crippen LogP contribution in [-0.2, 0) is 19.2 Å². The van der Waals surface area contributed by atoms with E-state index in [4.69, 9.17) is 17.2 Å². The monoisotopic (exact) mass is 493 g/mol. The molecule has 0 aliphatic carbocycles. The third kappa shape index (κ3) is 12.0. The molecule has 0 aliphatic rings. The number of nitrogens with one attached hydrogen (secondary N) is 3. The molecule has 184 valence electrons. The van der Waals surface area contributed by atoms with E-state index >= 15 is 0 Å². The van der Waals surface area contributed by atoms with E-state index in [0.717, 1.165) is 0 Å². The summed E-state index contributed by atoms with van der Waals surface area (Å²) in [5.74, 6) is -3.14. The number of aliphatic imine (C=N–C) groups is 1. The molecule has 0 spiro atoms. The van der Waals surface area contributed by atoms with E-state index in [2.05, 4.69) is 46.2 Å². The molecule has 0 saturated heterocycles. The Morgan fingerprint density at radius 1 is 0.906 bits per heavy atom. The summed E-state index contributed by atoms with van der Waals surface area (Å²) in [6.07, 6.45) is 0.675. The Kier molecular flexibility index (Phi) is 14.5. The van der Waals surface area contributed by atoms with Crippen LogP contribution >= 0.6 is 25.3 Å². The first-order valence-electron chi connectivity index (χ1n) is 10.1. The highest BCUT2D eigenvalue weighted by atomic mass is 32.1. The van der Waals surface area contributed by atoms with Crippen LogP contribution < -0.4 is 33.2 Å². The van der Waals surface area contributed by atoms with Gasteiger partial charge in [-0.3, -0.25) is 19.4 Å². The molecule has 0 heterocycles. The molecule has 4 atom stereocenters. The molecule has 0 aliphatic heterocycles. The predicted molar refractivity (Wildman–Crippen MR) is 128 cm³/mol. The molecular formula is C18H35N7O5S2. The predicted octanol–water partition coefficient (Wildman–Crippen LogP) is -2.19. The minimum absolute atomic E-state index is 0.0119. The molecule has 0 aromatic heterocycles. The summed E-state index contributed by atoms with van der Waals surface area (Å²) < 4.78 is 0. The van der Waals surface area contributed by atoms with Gasteiger partial charge in [0.2, 0.25) is 17.7 Å². The van der Waals surface area contributed by atoms with E-state index in [1.54, 1.807) is 0 Å². The van der Waals surface area contributed by atoms with Crippen LogP contribution in [0.3, 0.4) is 0 Å². The molecule has 3 amide bonds.